The highest BCUT2D eigenvalue weighted by Gasteiger charge is 2.49. The zero-order valence-corrected chi connectivity index (χ0v) is 14.4. The molecule has 1 atom stereocenters. The van der Waals surface area contributed by atoms with Crippen LogP contribution in [-0.4, -0.2) is 61.1 Å². The molecule has 0 aliphatic carbocycles. The van der Waals surface area contributed by atoms with Gasteiger partial charge in [-0.2, -0.15) is 0 Å². The monoisotopic (exact) mass is 332 g/mol. The van der Waals surface area contributed by atoms with Crippen molar-refractivity contribution >= 4 is 6.09 Å². The standard InChI is InChI=1S/C17H30F2N2O2/c1-3-5-6-7-14(4-2)23-16(22)21-9-8-17(13-21)11-20(12-17)10-15(18)19/h14-15H,3-13H2,1-2H3. The van der Waals surface area contributed by atoms with Crippen LogP contribution >= 0.6 is 0 Å². The van der Waals surface area contributed by atoms with Gasteiger partial charge < -0.3 is 9.64 Å². The van der Waals surface area contributed by atoms with E-state index in [4.69, 9.17) is 4.74 Å². The molecule has 134 valence electrons. The van der Waals surface area contributed by atoms with E-state index in [1.165, 1.54) is 6.42 Å². The minimum absolute atomic E-state index is 0.00215. The number of rotatable bonds is 8. The number of likely N-dealkylation sites (tertiary alicyclic amines) is 2. The summed E-state index contributed by atoms with van der Waals surface area (Å²) in [6, 6.07) is 0. The minimum Gasteiger partial charge on any atom is -0.446 e. The van der Waals surface area contributed by atoms with Gasteiger partial charge in [-0.15, -0.1) is 0 Å². The Bertz CT molecular complexity index is 387. The summed E-state index contributed by atoms with van der Waals surface area (Å²) >= 11 is 0. The molecule has 0 aromatic heterocycles. The highest BCUT2D eigenvalue weighted by Crippen LogP contribution is 2.40. The molecule has 2 aliphatic heterocycles. The SMILES string of the molecule is CCCCCC(CC)OC(=O)N1CCC2(CN(CC(F)F)C2)C1. The molecule has 1 spiro atoms. The van der Waals surface area contributed by atoms with Crippen LogP contribution in [0, 0.1) is 5.41 Å². The lowest BCUT2D eigenvalue weighted by molar-refractivity contribution is -0.0306. The second-order valence-corrected chi connectivity index (χ2v) is 7.14. The normalized spacial score (nSPS) is 21.7. The van der Waals surface area contributed by atoms with Crippen molar-refractivity contribution in [2.75, 3.05) is 32.7 Å². The molecule has 1 amide bonds. The number of alkyl halides is 2. The number of carbonyl (C=O) groups excluding carboxylic acids is 1. The summed E-state index contributed by atoms with van der Waals surface area (Å²) < 4.78 is 30.4. The van der Waals surface area contributed by atoms with Gasteiger partial charge in [0.1, 0.15) is 6.10 Å². The molecule has 0 radical (unpaired) electrons. The first-order valence-electron chi connectivity index (χ1n) is 8.94. The average molecular weight is 332 g/mol. The molecular weight excluding hydrogens is 302 g/mol. The van der Waals surface area contributed by atoms with E-state index < -0.39 is 6.43 Å². The fraction of sp³-hybridized carbons (Fsp3) is 0.941. The molecule has 23 heavy (non-hydrogen) atoms. The summed E-state index contributed by atoms with van der Waals surface area (Å²) in [5, 5.41) is 0. The Morgan fingerprint density at radius 1 is 1.22 bits per heavy atom. The van der Waals surface area contributed by atoms with Crippen LogP contribution < -0.4 is 0 Å². The lowest BCUT2D eigenvalue weighted by Gasteiger charge is -2.47. The lowest BCUT2D eigenvalue weighted by Crippen LogP contribution is -2.58. The predicted octanol–water partition coefficient (Wildman–Crippen LogP) is 3.75. The summed E-state index contributed by atoms with van der Waals surface area (Å²) in [6.07, 6.45) is 3.59. The molecule has 0 N–H and O–H groups in total. The van der Waals surface area contributed by atoms with Crippen LogP contribution in [0.3, 0.4) is 0 Å². The maximum absolute atomic E-state index is 12.4. The minimum atomic E-state index is -2.27. The van der Waals surface area contributed by atoms with E-state index in [1.54, 1.807) is 9.80 Å². The van der Waals surface area contributed by atoms with Gasteiger partial charge in [-0.25, -0.2) is 13.6 Å². The number of amides is 1. The van der Waals surface area contributed by atoms with E-state index in [9.17, 15) is 13.6 Å². The van der Waals surface area contributed by atoms with Crippen LogP contribution in [0.1, 0.15) is 52.4 Å². The third-order valence-electron chi connectivity index (χ3n) is 5.06. The maximum atomic E-state index is 12.4. The summed E-state index contributed by atoms with van der Waals surface area (Å²) in [6.45, 7) is 6.74. The van der Waals surface area contributed by atoms with Crippen LogP contribution in [0.2, 0.25) is 0 Å². The molecular formula is C17H30F2N2O2. The number of carbonyl (C=O) groups is 1. The van der Waals surface area contributed by atoms with Gasteiger partial charge in [0, 0.05) is 31.6 Å². The highest BCUT2D eigenvalue weighted by molar-refractivity contribution is 5.68. The fourth-order valence-corrected chi connectivity index (χ4v) is 3.76. The number of nitrogens with zero attached hydrogens (tertiary/aromatic N) is 2. The maximum Gasteiger partial charge on any atom is 0.410 e. The zero-order valence-electron chi connectivity index (χ0n) is 14.4. The molecule has 2 aliphatic rings. The van der Waals surface area contributed by atoms with Crippen LogP contribution in [0.25, 0.3) is 0 Å². The van der Waals surface area contributed by atoms with Crippen LogP contribution in [0.5, 0.6) is 0 Å². The Morgan fingerprint density at radius 2 is 1.96 bits per heavy atom. The molecule has 2 rings (SSSR count). The first kappa shape index (κ1) is 18.4. The van der Waals surface area contributed by atoms with Gasteiger partial charge in [-0.1, -0.05) is 26.7 Å². The van der Waals surface area contributed by atoms with E-state index in [-0.39, 0.29) is 24.2 Å². The number of hydrogen-bond acceptors (Lipinski definition) is 3. The molecule has 2 saturated heterocycles. The van der Waals surface area contributed by atoms with Gasteiger partial charge in [0.15, 0.2) is 0 Å². The van der Waals surface area contributed by atoms with E-state index in [2.05, 4.69) is 6.92 Å². The van der Waals surface area contributed by atoms with Gasteiger partial charge in [-0.3, -0.25) is 4.90 Å². The zero-order chi connectivity index (χ0) is 16.9. The van der Waals surface area contributed by atoms with Gasteiger partial charge in [0.25, 0.3) is 6.43 Å². The molecule has 4 nitrogen and oxygen atoms in total. The van der Waals surface area contributed by atoms with E-state index in [0.717, 1.165) is 32.1 Å². The van der Waals surface area contributed by atoms with Crippen LogP contribution in [0.4, 0.5) is 13.6 Å². The predicted molar refractivity (Wildman–Crippen MR) is 85.8 cm³/mol. The molecule has 0 aromatic rings. The second-order valence-electron chi connectivity index (χ2n) is 7.14. The Hall–Kier alpha value is -0.910. The quantitative estimate of drug-likeness (QED) is 0.635. The van der Waals surface area contributed by atoms with E-state index in [1.807, 2.05) is 6.92 Å². The molecule has 2 heterocycles. The fourth-order valence-electron chi connectivity index (χ4n) is 3.76. The number of unbranched alkanes of at least 4 members (excludes halogenated alkanes) is 2. The summed E-state index contributed by atoms with van der Waals surface area (Å²) in [5.74, 6) is 0. The Kier molecular flexibility index (Phi) is 6.62. The summed E-state index contributed by atoms with van der Waals surface area (Å²) in [5.41, 5.74) is 0.0256. The average Bonchev–Trinajstić information content (AvgIpc) is 2.90. The smallest absolute Gasteiger partial charge is 0.410 e. The summed E-state index contributed by atoms with van der Waals surface area (Å²) in [4.78, 5) is 15.8. The van der Waals surface area contributed by atoms with E-state index >= 15 is 0 Å². The van der Waals surface area contributed by atoms with E-state index in [0.29, 0.717) is 26.2 Å². The van der Waals surface area contributed by atoms with Crippen molar-refractivity contribution in [2.45, 2.75) is 64.9 Å². The summed E-state index contributed by atoms with van der Waals surface area (Å²) in [7, 11) is 0. The Labute approximate surface area is 138 Å². The first-order chi connectivity index (χ1) is 11.0. The van der Waals surface area contributed by atoms with Crippen molar-refractivity contribution in [3.05, 3.63) is 0 Å². The lowest BCUT2D eigenvalue weighted by atomic mass is 9.79. The molecule has 0 bridgehead atoms. The number of hydrogen-bond donors (Lipinski definition) is 0. The van der Waals surface area contributed by atoms with Gasteiger partial charge in [0.05, 0.1) is 6.54 Å². The van der Waals surface area contributed by atoms with Crippen molar-refractivity contribution < 1.29 is 18.3 Å². The third kappa shape index (κ3) is 5.03. The molecule has 2 fully saturated rings. The molecule has 0 aromatic carbocycles. The van der Waals surface area contributed by atoms with Gasteiger partial charge in [-0.05, 0) is 25.7 Å². The Balaban J connectivity index is 1.72. The van der Waals surface area contributed by atoms with Crippen molar-refractivity contribution in [1.29, 1.82) is 0 Å². The van der Waals surface area contributed by atoms with Crippen LogP contribution in [0.15, 0.2) is 0 Å². The van der Waals surface area contributed by atoms with Gasteiger partial charge >= 0.3 is 6.09 Å². The first-order valence-corrected chi connectivity index (χ1v) is 8.94. The van der Waals surface area contributed by atoms with Crippen molar-refractivity contribution in [3.63, 3.8) is 0 Å². The van der Waals surface area contributed by atoms with Gasteiger partial charge in [0.2, 0.25) is 0 Å². The number of ether oxygens (including phenoxy) is 1. The third-order valence-corrected chi connectivity index (χ3v) is 5.06. The van der Waals surface area contributed by atoms with Crippen molar-refractivity contribution in [1.82, 2.24) is 9.80 Å². The number of halogens is 2. The van der Waals surface area contributed by atoms with Crippen LogP contribution in [-0.2, 0) is 4.74 Å². The molecule has 6 heteroatoms. The molecule has 0 saturated carbocycles. The van der Waals surface area contributed by atoms with Crippen molar-refractivity contribution in [2.24, 2.45) is 5.41 Å². The highest BCUT2D eigenvalue weighted by atomic mass is 19.3. The molecule has 1 unspecified atom stereocenters. The largest absolute Gasteiger partial charge is 0.446 e. The Morgan fingerprint density at radius 3 is 2.57 bits per heavy atom. The van der Waals surface area contributed by atoms with Crippen molar-refractivity contribution in [3.8, 4) is 0 Å². The second kappa shape index (κ2) is 8.27. The topological polar surface area (TPSA) is 32.8 Å².